The van der Waals surface area contributed by atoms with Crippen LogP contribution in [-0.4, -0.2) is 88.7 Å². The molecule has 378 valence electrons. The van der Waals surface area contributed by atoms with Crippen molar-refractivity contribution in [3.05, 3.63) is 197 Å². The van der Waals surface area contributed by atoms with Crippen molar-refractivity contribution in [2.45, 2.75) is 108 Å². The van der Waals surface area contributed by atoms with Gasteiger partial charge >= 0.3 is 0 Å². The van der Waals surface area contributed by atoms with Gasteiger partial charge in [-0.1, -0.05) is 153 Å². The monoisotopic (exact) mass is 980 g/mol. The van der Waals surface area contributed by atoms with Gasteiger partial charge in [0.2, 0.25) is 0 Å². The van der Waals surface area contributed by atoms with E-state index in [1.807, 2.05) is 148 Å². The molecule has 0 radical (unpaired) electrons. The van der Waals surface area contributed by atoms with Crippen LogP contribution in [0.1, 0.15) is 59.2 Å². The molecular formula is C58H64F4O9. The number of ether oxygens (including phenoxy) is 5. The van der Waals surface area contributed by atoms with Crippen molar-refractivity contribution < 1.29 is 61.7 Å². The van der Waals surface area contributed by atoms with Gasteiger partial charge in [-0.05, 0) is 76.9 Å². The van der Waals surface area contributed by atoms with Gasteiger partial charge in [0.25, 0.3) is 11.8 Å². The Morgan fingerprint density at radius 1 is 0.507 bits per heavy atom. The van der Waals surface area contributed by atoms with Crippen LogP contribution in [0, 0.1) is 24.7 Å². The molecule has 0 spiro atoms. The summed E-state index contributed by atoms with van der Waals surface area (Å²) in [5.74, 6) is -8.92. The highest BCUT2D eigenvalue weighted by Crippen LogP contribution is 2.48. The van der Waals surface area contributed by atoms with Crippen LogP contribution in [0.25, 0.3) is 0 Å². The van der Waals surface area contributed by atoms with E-state index in [0.29, 0.717) is 30.8 Å². The molecule has 2 aliphatic carbocycles. The van der Waals surface area contributed by atoms with Crippen LogP contribution in [0.4, 0.5) is 17.6 Å². The third-order valence-electron chi connectivity index (χ3n) is 13.7. The molecule has 0 heterocycles. The number of methoxy groups -OCH3 is 1. The number of halogens is 4. The lowest BCUT2D eigenvalue weighted by molar-refractivity contribution is -0.267. The Bertz CT molecular complexity index is 2550. The molecule has 0 aromatic heterocycles. The highest BCUT2D eigenvalue weighted by Gasteiger charge is 2.63. The average molecular weight is 981 g/mol. The fraction of sp³-hybridized carbons (Fsp3) is 0.379. The summed E-state index contributed by atoms with van der Waals surface area (Å²) in [6.45, 7) is 5.04. The Morgan fingerprint density at radius 3 is 1.45 bits per heavy atom. The maximum Gasteiger partial charge on any atom is 0.294 e. The standard InChI is InChI=1S/C37H40F2O4.C21H24F2O5/c1-4-32-26(2)34(41-24-28-13-7-5-8-14-28)35(42-25-29-15-9-6-10-16-29)36(37(32,38)39)43-33-18-12-11-17-30(33)23-27-19-21-31(40-3)22-20-27;1-12-6-8-13(9-7-12)10-14-4-2-3-5-16(14)28-20-19(27)18(26)17(25)15(11-24)21(20,22)23/h5-22,26,32,34-36H,4,23-25H2,1-3H3;2-9,15,17-20,24-27H,10-11H2,1H3/t26-,32-,34+,35-,36+;15-,17-,18+,19-,20+/m11/s1. The fourth-order valence-electron chi connectivity index (χ4n) is 9.59. The average Bonchev–Trinajstić information content (AvgIpc) is 3.37. The molecular weight excluding hydrogens is 917 g/mol. The van der Waals surface area contributed by atoms with Crippen LogP contribution < -0.4 is 14.2 Å². The van der Waals surface area contributed by atoms with Gasteiger partial charge in [0.15, 0.2) is 12.2 Å². The van der Waals surface area contributed by atoms with E-state index in [1.54, 1.807) is 31.4 Å². The first-order valence-corrected chi connectivity index (χ1v) is 24.0. The fourth-order valence-corrected chi connectivity index (χ4v) is 9.59. The van der Waals surface area contributed by atoms with Crippen LogP contribution >= 0.6 is 0 Å². The molecule has 6 aromatic carbocycles. The Balaban J connectivity index is 0.000000229. The number of aliphatic hydroxyl groups excluding tert-OH is 4. The van der Waals surface area contributed by atoms with Gasteiger partial charge in [-0.3, -0.25) is 0 Å². The third kappa shape index (κ3) is 12.6. The smallest absolute Gasteiger partial charge is 0.294 e. The minimum absolute atomic E-state index is 0.145. The molecule has 0 amide bonds. The first kappa shape index (κ1) is 53.0. The predicted molar refractivity (Wildman–Crippen MR) is 263 cm³/mol. The summed E-state index contributed by atoms with van der Waals surface area (Å²) in [7, 11) is 1.63. The number of rotatable bonds is 17. The van der Waals surface area contributed by atoms with Gasteiger partial charge < -0.3 is 44.1 Å². The molecule has 0 bridgehead atoms. The summed E-state index contributed by atoms with van der Waals surface area (Å²) in [5, 5.41) is 39.1. The number of aryl methyl sites for hydroxylation is 1. The summed E-state index contributed by atoms with van der Waals surface area (Å²) in [6, 6.07) is 48.9. The van der Waals surface area contributed by atoms with E-state index < -0.39 is 78.9 Å². The molecule has 6 aromatic rings. The van der Waals surface area contributed by atoms with E-state index in [-0.39, 0.29) is 18.8 Å². The second-order valence-electron chi connectivity index (χ2n) is 18.5. The zero-order chi connectivity index (χ0) is 50.7. The molecule has 0 aliphatic heterocycles. The van der Waals surface area contributed by atoms with Crippen LogP contribution in [0.3, 0.4) is 0 Å². The second-order valence-corrected chi connectivity index (χ2v) is 18.5. The lowest BCUT2D eigenvalue weighted by Crippen LogP contribution is -2.67. The highest BCUT2D eigenvalue weighted by atomic mass is 19.3. The lowest BCUT2D eigenvalue weighted by Gasteiger charge is -2.49. The zero-order valence-electron chi connectivity index (χ0n) is 40.4. The Kier molecular flexibility index (Phi) is 18.0. The molecule has 71 heavy (non-hydrogen) atoms. The quantitative estimate of drug-likeness (QED) is 0.0661. The molecule has 0 saturated heterocycles. The number of para-hydroxylation sites is 2. The van der Waals surface area contributed by atoms with Crippen LogP contribution in [0.5, 0.6) is 17.2 Å². The van der Waals surface area contributed by atoms with Gasteiger partial charge in [0.1, 0.15) is 35.6 Å². The van der Waals surface area contributed by atoms with Crippen LogP contribution in [0.15, 0.2) is 158 Å². The summed E-state index contributed by atoms with van der Waals surface area (Å²) in [4.78, 5) is 0. The van der Waals surface area contributed by atoms with Crippen molar-refractivity contribution in [1.29, 1.82) is 0 Å². The van der Waals surface area contributed by atoms with Crippen molar-refractivity contribution in [2.24, 2.45) is 17.8 Å². The zero-order valence-corrected chi connectivity index (χ0v) is 40.4. The van der Waals surface area contributed by atoms with Crippen molar-refractivity contribution in [1.82, 2.24) is 0 Å². The van der Waals surface area contributed by atoms with E-state index in [2.05, 4.69) is 0 Å². The number of aliphatic hydroxyl groups is 4. The molecule has 9 nitrogen and oxygen atoms in total. The van der Waals surface area contributed by atoms with Gasteiger partial charge in [-0.25, -0.2) is 17.6 Å². The minimum Gasteiger partial charge on any atom is -0.497 e. The molecule has 8 rings (SSSR count). The molecule has 2 fully saturated rings. The number of alkyl halides is 4. The molecule has 10 atom stereocenters. The van der Waals surface area contributed by atoms with E-state index >= 15 is 8.78 Å². The molecule has 13 heteroatoms. The Labute approximate surface area is 413 Å². The van der Waals surface area contributed by atoms with Gasteiger partial charge in [-0.2, -0.15) is 0 Å². The Morgan fingerprint density at radius 2 is 0.958 bits per heavy atom. The number of hydrogen-bond acceptors (Lipinski definition) is 9. The lowest BCUT2D eigenvalue weighted by atomic mass is 9.71. The summed E-state index contributed by atoms with van der Waals surface area (Å²) < 4.78 is 92.7. The predicted octanol–water partition coefficient (Wildman–Crippen LogP) is 10.2. The summed E-state index contributed by atoms with van der Waals surface area (Å²) >= 11 is 0. The number of hydrogen-bond donors (Lipinski definition) is 4. The van der Waals surface area contributed by atoms with Gasteiger partial charge in [0.05, 0.1) is 45.1 Å². The molecule has 4 N–H and O–H groups in total. The topological polar surface area (TPSA) is 127 Å². The molecule has 2 aliphatic rings. The first-order valence-electron chi connectivity index (χ1n) is 24.0. The molecule has 2 saturated carbocycles. The van der Waals surface area contributed by atoms with Crippen LogP contribution in [-0.2, 0) is 35.5 Å². The number of benzene rings is 6. The maximum atomic E-state index is 16.5. The second kappa shape index (κ2) is 24.1. The minimum atomic E-state index is -3.75. The van der Waals surface area contributed by atoms with Crippen molar-refractivity contribution >= 4 is 0 Å². The maximum absolute atomic E-state index is 16.5. The largest absolute Gasteiger partial charge is 0.497 e. The van der Waals surface area contributed by atoms with Crippen molar-refractivity contribution in [2.75, 3.05) is 13.7 Å². The van der Waals surface area contributed by atoms with Crippen LogP contribution in [0.2, 0.25) is 0 Å². The van der Waals surface area contributed by atoms with E-state index in [1.165, 1.54) is 6.07 Å². The van der Waals surface area contributed by atoms with Crippen molar-refractivity contribution in [3.63, 3.8) is 0 Å². The van der Waals surface area contributed by atoms with E-state index in [4.69, 9.17) is 23.7 Å². The van der Waals surface area contributed by atoms with E-state index in [9.17, 15) is 29.2 Å². The highest BCUT2D eigenvalue weighted by molar-refractivity contribution is 5.40. The summed E-state index contributed by atoms with van der Waals surface area (Å²) in [5.41, 5.74) is 6.41. The van der Waals surface area contributed by atoms with E-state index in [0.717, 1.165) is 39.1 Å². The third-order valence-corrected chi connectivity index (χ3v) is 13.7. The SMILES string of the molecule is CC[C@@H]1[C@@H](C)[C@H](OCc2ccccc2)[C@@H](OCc2ccccc2)[C@H](Oc2ccccc2Cc2ccc(OC)cc2)C1(F)F.Cc1ccc(Cc2ccccc2O[C@H]2[C@H](O)[C@@H](O)[C@H](O)[C@@H](CO)C2(F)F)cc1. The van der Waals surface area contributed by atoms with Crippen molar-refractivity contribution in [3.8, 4) is 17.2 Å². The first-order chi connectivity index (χ1) is 34.2. The summed E-state index contributed by atoms with van der Waals surface area (Å²) in [6.07, 6.45) is -9.85. The van der Waals surface area contributed by atoms with Gasteiger partial charge in [-0.15, -0.1) is 0 Å². The molecule has 0 unspecified atom stereocenters. The normalized spacial score (nSPS) is 25.6. The Hall–Kier alpha value is -5.80. The van der Waals surface area contributed by atoms with Gasteiger partial charge in [0, 0.05) is 18.8 Å².